The van der Waals surface area contributed by atoms with E-state index in [2.05, 4.69) is 29.6 Å². The number of nitrogens with one attached hydrogen (secondary N) is 1. The summed E-state index contributed by atoms with van der Waals surface area (Å²) in [6.45, 7) is 0.846. The molecule has 1 amide bonds. The number of sulfonamides is 1. The summed E-state index contributed by atoms with van der Waals surface area (Å²) < 4.78 is 33.6. The molecule has 0 unspecified atom stereocenters. The SMILES string of the molecule is COc1ccc(S(=O)(=O)N2CCc3ccccc32)cc1C(=O)NCCCc1ccc(N(C)C)cc1. The topological polar surface area (TPSA) is 79.0 Å². The van der Waals surface area contributed by atoms with E-state index in [9.17, 15) is 13.2 Å². The Bertz CT molecular complexity index is 1300. The third-order valence-corrected chi connectivity index (χ3v) is 8.04. The van der Waals surface area contributed by atoms with Gasteiger partial charge in [0.15, 0.2) is 0 Å². The second kappa shape index (κ2) is 10.4. The molecule has 7 nitrogen and oxygen atoms in total. The first-order valence-electron chi connectivity index (χ1n) is 11.6. The molecule has 1 N–H and O–H groups in total. The first-order valence-corrected chi connectivity index (χ1v) is 13.1. The number of nitrogens with zero attached hydrogens (tertiary/aromatic N) is 2. The fourth-order valence-corrected chi connectivity index (χ4v) is 5.79. The average molecular weight is 494 g/mol. The summed E-state index contributed by atoms with van der Waals surface area (Å²) in [5, 5.41) is 2.90. The van der Waals surface area contributed by atoms with Crippen molar-refractivity contribution in [1.29, 1.82) is 0 Å². The molecule has 3 aromatic rings. The highest BCUT2D eigenvalue weighted by molar-refractivity contribution is 7.92. The highest BCUT2D eigenvalue weighted by atomic mass is 32.2. The fraction of sp³-hybridized carbons (Fsp3) is 0.296. The summed E-state index contributed by atoms with van der Waals surface area (Å²) in [5.74, 6) is -0.0220. The van der Waals surface area contributed by atoms with Crippen LogP contribution >= 0.6 is 0 Å². The second-order valence-electron chi connectivity index (χ2n) is 8.74. The molecule has 35 heavy (non-hydrogen) atoms. The summed E-state index contributed by atoms with van der Waals surface area (Å²) in [4.78, 5) is 15.1. The summed E-state index contributed by atoms with van der Waals surface area (Å²) in [6, 6.07) is 20.2. The van der Waals surface area contributed by atoms with E-state index in [1.807, 2.05) is 43.3 Å². The predicted octanol–water partition coefficient (Wildman–Crippen LogP) is 3.88. The van der Waals surface area contributed by atoms with Crippen molar-refractivity contribution in [2.24, 2.45) is 0 Å². The normalized spacial score (nSPS) is 12.8. The minimum absolute atomic E-state index is 0.0705. The number of aryl methyl sites for hydroxylation is 1. The molecule has 0 aliphatic carbocycles. The summed E-state index contributed by atoms with van der Waals surface area (Å²) in [7, 11) is 1.66. The van der Waals surface area contributed by atoms with Gasteiger partial charge in [0.1, 0.15) is 5.75 Å². The third-order valence-electron chi connectivity index (χ3n) is 6.23. The summed E-state index contributed by atoms with van der Waals surface area (Å²) in [6.07, 6.45) is 2.25. The van der Waals surface area contributed by atoms with Crippen LogP contribution in [0.1, 0.15) is 27.9 Å². The largest absolute Gasteiger partial charge is 0.496 e. The van der Waals surface area contributed by atoms with Gasteiger partial charge in [-0.15, -0.1) is 0 Å². The second-order valence-corrected chi connectivity index (χ2v) is 10.6. The maximum Gasteiger partial charge on any atom is 0.264 e. The van der Waals surface area contributed by atoms with Gasteiger partial charge in [-0.2, -0.15) is 0 Å². The molecule has 3 aromatic carbocycles. The molecule has 0 spiro atoms. The van der Waals surface area contributed by atoms with Crippen LogP contribution in [0.5, 0.6) is 5.75 Å². The molecule has 0 saturated heterocycles. The van der Waals surface area contributed by atoms with E-state index >= 15 is 0 Å². The number of carbonyl (C=O) groups is 1. The number of methoxy groups -OCH3 is 1. The van der Waals surface area contributed by atoms with Crippen molar-refractivity contribution in [3.63, 3.8) is 0 Å². The van der Waals surface area contributed by atoms with Gasteiger partial charge in [-0.25, -0.2) is 8.42 Å². The van der Waals surface area contributed by atoms with Crippen LogP contribution in [0.3, 0.4) is 0 Å². The van der Waals surface area contributed by atoms with Crippen LogP contribution < -0.4 is 19.3 Å². The number of benzene rings is 3. The predicted molar refractivity (Wildman–Crippen MR) is 139 cm³/mol. The first kappa shape index (κ1) is 24.6. The van der Waals surface area contributed by atoms with E-state index in [1.54, 1.807) is 0 Å². The van der Waals surface area contributed by atoms with Crippen molar-refractivity contribution in [2.75, 3.05) is 43.5 Å². The van der Waals surface area contributed by atoms with Gasteiger partial charge in [-0.05, 0) is 66.8 Å². The Hall–Kier alpha value is -3.52. The molecule has 4 rings (SSSR count). The van der Waals surface area contributed by atoms with Crippen molar-refractivity contribution in [3.8, 4) is 5.75 Å². The third kappa shape index (κ3) is 5.27. The number of para-hydroxylation sites is 1. The Kier molecular flexibility index (Phi) is 7.31. The van der Waals surface area contributed by atoms with Crippen LogP contribution in [-0.4, -0.2) is 48.6 Å². The van der Waals surface area contributed by atoms with Gasteiger partial charge in [0, 0.05) is 32.9 Å². The Balaban J connectivity index is 1.44. The zero-order valence-corrected chi connectivity index (χ0v) is 21.1. The monoisotopic (exact) mass is 493 g/mol. The van der Waals surface area contributed by atoms with Crippen molar-refractivity contribution in [2.45, 2.75) is 24.2 Å². The van der Waals surface area contributed by atoms with E-state index in [4.69, 9.17) is 4.74 Å². The molecule has 0 radical (unpaired) electrons. The Morgan fingerprint density at radius 3 is 2.51 bits per heavy atom. The van der Waals surface area contributed by atoms with Gasteiger partial charge < -0.3 is 15.0 Å². The molecule has 0 saturated carbocycles. The molecular formula is C27H31N3O4S. The maximum atomic E-state index is 13.4. The minimum atomic E-state index is -3.81. The van der Waals surface area contributed by atoms with Gasteiger partial charge in [0.25, 0.3) is 15.9 Å². The average Bonchev–Trinajstić information content (AvgIpc) is 3.31. The standard InChI is InChI=1S/C27H31N3O4S/c1-29(2)22-12-10-20(11-13-22)7-6-17-28-27(31)24-19-23(14-15-26(24)34-3)35(32,33)30-18-16-21-8-4-5-9-25(21)30/h4-5,8-15,19H,6-7,16-18H2,1-3H3,(H,28,31). The van der Waals surface area contributed by atoms with Crippen LogP contribution in [0.4, 0.5) is 11.4 Å². The number of rotatable bonds is 9. The zero-order chi connectivity index (χ0) is 25.0. The molecule has 1 aliphatic heterocycles. The lowest BCUT2D eigenvalue weighted by atomic mass is 10.1. The van der Waals surface area contributed by atoms with E-state index in [-0.39, 0.29) is 16.4 Å². The Morgan fingerprint density at radius 2 is 1.80 bits per heavy atom. The van der Waals surface area contributed by atoms with Gasteiger partial charge in [0.2, 0.25) is 0 Å². The quantitative estimate of drug-likeness (QED) is 0.458. The molecule has 1 aliphatic rings. The molecule has 184 valence electrons. The highest BCUT2D eigenvalue weighted by Crippen LogP contribution is 2.34. The molecule has 8 heteroatoms. The van der Waals surface area contributed by atoms with Gasteiger partial charge in [-0.1, -0.05) is 30.3 Å². The lowest BCUT2D eigenvalue weighted by Gasteiger charge is -2.20. The van der Waals surface area contributed by atoms with E-state index in [0.29, 0.717) is 30.9 Å². The van der Waals surface area contributed by atoms with Gasteiger partial charge in [0.05, 0.1) is 23.3 Å². The molecule has 1 heterocycles. The molecular weight excluding hydrogens is 462 g/mol. The zero-order valence-electron chi connectivity index (χ0n) is 20.3. The van der Waals surface area contributed by atoms with Crippen molar-refractivity contribution in [3.05, 3.63) is 83.4 Å². The van der Waals surface area contributed by atoms with Crippen LogP contribution in [-0.2, 0) is 22.9 Å². The van der Waals surface area contributed by atoms with E-state index < -0.39 is 10.0 Å². The van der Waals surface area contributed by atoms with Crippen molar-refractivity contribution >= 4 is 27.3 Å². The molecule has 0 aromatic heterocycles. The summed E-state index contributed by atoms with van der Waals surface area (Å²) >= 11 is 0. The number of anilines is 2. The fourth-order valence-electron chi connectivity index (χ4n) is 4.26. The van der Waals surface area contributed by atoms with Crippen molar-refractivity contribution in [1.82, 2.24) is 5.32 Å². The highest BCUT2D eigenvalue weighted by Gasteiger charge is 2.31. The van der Waals surface area contributed by atoms with E-state index in [0.717, 1.165) is 24.1 Å². The molecule has 0 fully saturated rings. The number of amides is 1. The molecule has 0 bridgehead atoms. The van der Waals surface area contributed by atoms with Crippen LogP contribution in [0.15, 0.2) is 71.6 Å². The number of fused-ring (bicyclic) bond motifs is 1. The first-order chi connectivity index (χ1) is 16.8. The maximum absolute atomic E-state index is 13.4. The smallest absolute Gasteiger partial charge is 0.264 e. The molecule has 0 atom stereocenters. The minimum Gasteiger partial charge on any atom is -0.496 e. The van der Waals surface area contributed by atoms with Crippen molar-refractivity contribution < 1.29 is 17.9 Å². The van der Waals surface area contributed by atoms with Gasteiger partial charge in [-0.3, -0.25) is 9.10 Å². The number of ether oxygens (including phenoxy) is 1. The number of hydrogen-bond acceptors (Lipinski definition) is 5. The number of carbonyl (C=O) groups excluding carboxylic acids is 1. The van der Waals surface area contributed by atoms with E-state index in [1.165, 1.54) is 35.2 Å². The lowest BCUT2D eigenvalue weighted by molar-refractivity contribution is 0.0950. The Morgan fingerprint density at radius 1 is 1.06 bits per heavy atom. The van der Waals surface area contributed by atoms with Crippen LogP contribution in [0, 0.1) is 0 Å². The van der Waals surface area contributed by atoms with Gasteiger partial charge >= 0.3 is 0 Å². The Labute approximate surface area is 207 Å². The summed E-state index contributed by atoms with van der Waals surface area (Å²) in [5.41, 5.74) is 4.23. The lowest BCUT2D eigenvalue weighted by Crippen LogP contribution is -2.30. The van der Waals surface area contributed by atoms with Crippen LogP contribution in [0.2, 0.25) is 0 Å². The number of hydrogen-bond donors (Lipinski definition) is 1. The van der Waals surface area contributed by atoms with Crippen LogP contribution in [0.25, 0.3) is 0 Å².